The van der Waals surface area contributed by atoms with Gasteiger partial charge < -0.3 is 10.1 Å². The number of nitrogens with one attached hydrogen (secondary N) is 1. The Labute approximate surface area is 121 Å². The highest BCUT2D eigenvalue weighted by molar-refractivity contribution is 6.31. The average Bonchev–Trinajstić information content (AvgIpc) is 2.67. The molecule has 5 heteroatoms. The summed E-state index contributed by atoms with van der Waals surface area (Å²) in [4.78, 5) is 0. The summed E-state index contributed by atoms with van der Waals surface area (Å²) in [5.41, 5.74) is 1.08. The zero-order valence-electron chi connectivity index (χ0n) is 12.7. The van der Waals surface area contributed by atoms with Crippen LogP contribution >= 0.6 is 11.6 Å². The molecule has 0 aliphatic heterocycles. The molecule has 1 heterocycles. The number of aromatic nitrogens is 2. The Balaban J connectivity index is 2.77. The average molecular weight is 288 g/mol. The van der Waals surface area contributed by atoms with Gasteiger partial charge >= 0.3 is 0 Å². The summed E-state index contributed by atoms with van der Waals surface area (Å²) in [6.45, 7) is 11.1. The van der Waals surface area contributed by atoms with E-state index in [1.165, 1.54) is 0 Å². The summed E-state index contributed by atoms with van der Waals surface area (Å²) in [6.07, 6.45) is 2.74. The first-order chi connectivity index (χ1) is 8.88. The lowest BCUT2D eigenvalue weighted by Crippen LogP contribution is -2.31. The fourth-order valence-corrected chi connectivity index (χ4v) is 2.57. The van der Waals surface area contributed by atoms with Gasteiger partial charge in [0.2, 0.25) is 0 Å². The summed E-state index contributed by atoms with van der Waals surface area (Å²) in [6, 6.07) is 0.504. The molecule has 1 rings (SSSR count). The zero-order valence-corrected chi connectivity index (χ0v) is 13.4. The van der Waals surface area contributed by atoms with E-state index < -0.39 is 0 Å². The molecule has 0 saturated carbocycles. The van der Waals surface area contributed by atoms with Gasteiger partial charge in [-0.2, -0.15) is 5.10 Å². The number of ether oxygens (including phenoxy) is 1. The smallest absolute Gasteiger partial charge is 0.0823 e. The SMILES string of the molecule is COCCn1ncc(Cl)c1C(C)(C)CCNC(C)C. The molecule has 0 unspecified atom stereocenters. The fraction of sp³-hybridized carbons (Fsp3) is 0.786. The minimum absolute atomic E-state index is 0.0107. The van der Waals surface area contributed by atoms with Crippen LogP contribution in [0.1, 0.15) is 39.8 Å². The third-order valence-corrected chi connectivity index (χ3v) is 3.52. The third kappa shape index (κ3) is 4.79. The van der Waals surface area contributed by atoms with E-state index in [4.69, 9.17) is 16.3 Å². The van der Waals surface area contributed by atoms with Gasteiger partial charge in [0.25, 0.3) is 0 Å². The highest BCUT2D eigenvalue weighted by Gasteiger charge is 2.27. The van der Waals surface area contributed by atoms with Gasteiger partial charge in [-0.25, -0.2) is 0 Å². The van der Waals surface area contributed by atoms with E-state index in [9.17, 15) is 0 Å². The molecule has 1 aromatic heterocycles. The van der Waals surface area contributed by atoms with Gasteiger partial charge in [-0.15, -0.1) is 0 Å². The van der Waals surface area contributed by atoms with Crippen LogP contribution in [0.5, 0.6) is 0 Å². The number of hydrogen-bond acceptors (Lipinski definition) is 3. The first-order valence-corrected chi connectivity index (χ1v) is 7.20. The van der Waals surface area contributed by atoms with E-state index in [1.807, 2.05) is 4.68 Å². The van der Waals surface area contributed by atoms with Gasteiger partial charge in [-0.3, -0.25) is 4.68 Å². The normalized spacial score (nSPS) is 12.4. The lowest BCUT2D eigenvalue weighted by Gasteiger charge is -2.27. The maximum absolute atomic E-state index is 6.31. The summed E-state index contributed by atoms with van der Waals surface area (Å²) >= 11 is 6.31. The molecule has 0 spiro atoms. The van der Waals surface area contributed by atoms with Crippen molar-refractivity contribution in [2.45, 2.75) is 52.1 Å². The number of halogens is 1. The van der Waals surface area contributed by atoms with Crippen LogP contribution in [0.25, 0.3) is 0 Å². The minimum Gasteiger partial charge on any atom is -0.383 e. The molecule has 1 aromatic rings. The van der Waals surface area contributed by atoms with E-state index in [0.717, 1.165) is 30.2 Å². The largest absolute Gasteiger partial charge is 0.383 e. The molecule has 19 heavy (non-hydrogen) atoms. The molecule has 0 aromatic carbocycles. The highest BCUT2D eigenvalue weighted by atomic mass is 35.5. The van der Waals surface area contributed by atoms with Crippen molar-refractivity contribution in [3.63, 3.8) is 0 Å². The Kier molecular flexibility index (Phi) is 6.30. The summed E-state index contributed by atoms with van der Waals surface area (Å²) < 4.78 is 7.08. The van der Waals surface area contributed by atoms with E-state index >= 15 is 0 Å². The Morgan fingerprint density at radius 1 is 1.47 bits per heavy atom. The van der Waals surface area contributed by atoms with Crippen LogP contribution in [0.3, 0.4) is 0 Å². The lowest BCUT2D eigenvalue weighted by atomic mass is 9.85. The molecule has 0 fully saturated rings. The van der Waals surface area contributed by atoms with Crippen molar-refractivity contribution in [1.82, 2.24) is 15.1 Å². The van der Waals surface area contributed by atoms with E-state index in [2.05, 4.69) is 38.1 Å². The number of nitrogens with zero attached hydrogens (tertiary/aromatic N) is 2. The maximum atomic E-state index is 6.31. The van der Waals surface area contributed by atoms with Crippen molar-refractivity contribution < 1.29 is 4.74 Å². The molecular weight excluding hydrogens is 262 g/mol. The monoisotopic (exact) mass is 287 g/mol. The van der Waals surface area contributed by atoms with Crippen molar-refractivity contribution in [2.24, 2.45) is 0 Å². The second kappa shape index (κ2) is 7.27. The zero-order chi connectivity index (χ0) is 14.5. The van der Waals surface area contributed by atoms with Gasteiger partial charge in [0.1, 0.15) is 0 Å². The van der Waals surface area contributed by atoms with Crippen LogP contribution in [0.4, 0.5) is 0 Å². The van der Waals surface area contributed by atoms with Crippen LogP contribution in [-0.2, 0) is 16.7 Å². The summed E-state index contributed by atoms with van der Waals surface area (Å²) in [7, 11) is 1.70. The molecule has 0 atom stereocenters. The number of hydrogen-bond donors (Lipinski definition) is 1. The van der Waals surface area contributed by atoms with Crippen molar-refractivity contribution in [2.75, 3.05) is 20.3 Å². The molecule has 110 valence electrons. The standard InChI is InChI=1S/C14H26ClN3O/c1-11(2)16-7-6-14(3,4)13-12(15)10-17-18(13)8-9-19-5/h10-11,16H,6-9H2,1-5H3. The Morgan fingerprint density at radius 2 is 2.16 bits per heavy atom. The fourth-order valence-electron chi connectivity index (χ4n) is 2.17. The first kappa shape index (κ1) is 16.5. The Bertz CT molecular complexity index is 388. The molecule has 0 radical (unpaired) electrons. The molecule has 0 aliphatic rings. The van der Waals surface area contributed by atoms with E-state index in [0.29, 0.717) is 12.6 Å². The summed E-state index contributed by atoms with van der Waals surface area (Å²) in [5.74, 6) is 0. The molecule has 0 aliphatic carbocycles. The molecule has 4 nitrogen and oxygen atoms in total. The van der Waals surface area contributed by atoms with E-state index in [1.54, 1.807) is 13.3 Å². The Morgan fingerprint density at radius 3 is 2.74 bits per heavy atom. The topological polar surface area (TPSA) is 39.1 Å². The van der Waals surface area contributed by atoms with Crippen LogP contribution in [-0.4, -0.2) is 36.1 Å². The second-order valence-electron chi connectivity index (χ2n) is 5.80. The molecule has 0 saturated heterocycles. The Hall–Kier alpha value is -0.580. The van der Waals surface area contributed by atoms with Crippen molar-refractivity contribution in [3.05, 3.63) is 16.9 Å². The predicted octanol–water partition coefficient (Wildman–Crippen LogP) is 2.85. The van der Waals surface area contributed by atoms with Crippen LogP contribution in [0, 0.1) is 0 Å². The molecule has 0 amide bonds. The summed E-state index contributed by atoms with van der Waals surface area (Å²) in [5, 5.41) is 8.54. The maximum Gasteiger partial charge on any atom is 0.0823 e. The van der Waals surface area contributed by atoms with Crippen LogP contribution < -0.4 is 5.32 Å². The van der Waals surface area contributed by atoms with Crippen LogP contribution in [0.2, 0.25) is 5.02 Å². The second-order valence-corrected chi connectivity index (χ2v) is 6.21. The van der Waals surface area contributed by atoms with Gasteiger partial charge in [0.15, 0.2) is 0 Å². The molecule has 0 bridgehead atoms. The van der Waals surface area contributed by atoms with Crippen molar-refractivity contribution in [1.29, 1.82) is 0 Å². The van der Waals surface area contributed by atoms with Gasteiger partial charge in [0.05, 0.1) is 30.1 Å². The van der Waals surface area contributed by atoms with Gasteiger partial charge in [-0.05, 0) is 13.0 Å². The minimum atomic E-state index is -0.0107. The number of rotatable bonds is 8. The third-order valence-electron chi connectivity index (χ3n) is 3.25. The van der Waals surface area contributed by atoms with Crippen LogP contribution in [0.15, 0.2) is 6.20 Å². The van der Waals surface area contributed by atoms with E-state index in [-0.39, 0.29) is 5.41 Å². The highest BCUT2D eigenvalue weighted by Crippen LogP contribution is 2.32. The van der Waals surface area contributed by atoms with Gasteiger partial charge in [0, 0.05) is 18.6 Å². The molecule has 1 N–H and O–H groups in total. The predicted molar refractivity (Wildman–Crippen MR) is 79.9 cm³/mol. The molecular formula is C14H26ClN3O. The first-order valence-electron chi connectivity index (χ1n) is 6.82. The number of methoxy groups -OCH3 is 1. The quantitative estimate of drug-likeness (QED) is 0.799. The van der Waals surface area contributed by atoms with Gasteiger partial charge in [-0.1, -0.05) is 39.3 Å². The lowest BCUT2D eigenvalue weighted by molar-refractivity contribution is 0.180. The van der Waals surface area contributed by atoms with Crippen molar-refractivity contribution in [3.8, 4) is 0 Å². The van der Waals surface area contributed by atoms with Crippen molar-refractivity contribution >= 4 is 11.6 Å².